The Morgan fingerprint density at radius 2 is 1.00 bits per heavy atom. The smallest absolute Gasteiger partial charge is 0.449 e. The molecule has 0 unspecified atom stereocenters. The molecule has 3 N–H and O–H groups in total. The first-order valence-electron chi connectivity index (χ1n) is 8.08. The molecule has 0 rings (SSSR count). The van der Waals surface area contributed by atoms with Gasteiger partial charge in [0.2, 0.25) is 0 Å². The Labute approximate surface area is 155 Å². The van der Waals surface area contributed by atoms with Crippen LogP contribution in [0.4, 0.5) is 0 Å². The molecular weight excluding hydrogens is 392 g/mol. The monoisotopic (exact) mass is 426 g/mol. The van der Waals surface area contributed by atoms with Crippen LogP contribution in [-0.4, -0.2) is 88.9 Å². The fraction of sp³-hybridized carbons (Fsp3) is 0.714. The Morgan fingerprint density at radius 3 is 1.32 bits per heavy atom. The summed E-state index contributed by atoms with van der Waals surface area (Å²) in [5.74, 6) is 0. The third-order valence-corrected chi connectivity index (χ3v) is 15.7. The van der Waals surface area contributed by atoms with Crippen molar-refractivity contribution in [2.45, 2.75) is 26.2 Å². The van der Waals surface area contributed by atoms with Crippen LogP contribution in [-0.2, 0) is 17.4 Å². The molecule has 11 heteroatoms. The van der Waals surface area contributed by atoms with E-state index in [0.717, 1.165) is 0 Å². The van der Waals surface area contributed by atoms with E-state index in [4.69, 9.17) is 17.4 Å². The van der Waals surface area contributed by atoms with Crippen molar-refractivity contribution in [2.24, 2.45) is 0 Å². The zero-order valence-electron chi connectivity index (χ0n) is 16.4. The molecule has 0 atom stereocenters. The minimum absolute atomic E-state index is 0.189. The van der Waals surface area contributed by atoms with Crippen LogP contribution in [0.3, 0.4) is 0 Å². The van der Waals surface area contributed by atoms with E-state index in [1.54, 1.807) is 21.3 Å². The van der Waals surface area contributed by atoms with Crippen molar-refractivity contribution in [3.8, 4) is 0 Å². The van der Waals surface area contributed by atoms with Gasteiger partial charge in [-0.1, -0.05) is 17.1 Å². The molecule has 0 fully saturated rings. The maximum absolute atomic E-state index is 9.49. The van der Waals surface area contributed by atoms with Crippen molar-refractivity contribution in [1.29, 1.82) is 0 Å². The molecule has 0 aromatic heterocycles. The first kappa shape index (κ1) is 25.1. The molecule has 0 bridgehead atoms. The predicted molar refractivity (Wildman–Crippen MR) is 108 cm³/mol. The van der Waals surface area contributed by atoms with E-state index in [1.807, 2.05) is 35.9 Å². The van der Waals surface area contributed by atoms with Crippen molar-refractivity contribution in [2.75, 3.05) is 40.0 Å². The van der Waals surface area contributed by atoms with Crippen LogP contribution in [0.15, 0.2) is 22.8 Å². The lowest BCUT2D eigenvalue weighted by Gasteiger charge is -2.31. The van der Waals surface area contributed by atoms with Crippen LogP contribution in [0, 0.1) is 0 Å². The van der Waals surface area contributed by atoms with Gasteiger partial charge in [-0.25, -0.2) is 0 Å². The summed E-state index contributed by atoms with van der Waals surface area (Å²) in [5.41, 5.74) is 7.62. The van der Waals surface area contributed by atoms with Gasteiger partial charge in [-0.05, 0) is 31.9 Å². The van der Waals surface area contributed by atoms with E-state index >= 15 is 0 Å². The number of hydrogen-bond donors (Lipinski definition) is 3. The Bertz CT molecular complexity index is 390. The molecule has 0 aliphatic carbocycles. The number of aliphatic hydroxyl groups excluding tert-OH is 3. The van der Waals surface area contributed by atoms with Crippen molar-refractivity contribution < 1.29 is 32.7 Å². The van der Waals surface area contributed by atoms with Gasteiger partial charge in [0.25, 0.3) is 0 Å². The second-order valence-corrected chi connectivity index (χ2v) is 21.7. The SMILES string of the molecule is CO[Si](C=C[Si](C)(C)O[Si](C)(C)C=C[Si](CO)(CO)CO)(OC)OC. The lowest BCUT2D eigenvalue weighted by Crippen LogP contribution is -2.49. The number of hydrogen-bond acceptors (Lipinski definition) is 7. The summed E-state index contributed by atoms with van der Waals surface area (Å²) in [6.45, 7) is 8.23. The largest absolute Gasteiger partial charge is 0.528 e. The fourth-order valence-corrected chi connectivity index (χ4v) is 15.1. The highest BCUT2D eigenvalue weighted by Crippen LogP contribution is 2.20. The van der Waals surface area contributed by atoms with Gasteiger partial charge in [0, 0.05) is 40.0 Å². The molecule has 0 aromatic rings. The summed E-state index contributed by atoms with van der Waals surface area (Å²) in [7, 11) is -5.07. The molecule has 25 heavy (non-hydrogen) atoms. The molecule has 7 nitrogen and oxygen atoms in total. The highest BCUT2D eigenvalue weighted by molar-refractivity contribution is 6.92. The van der Waals surface area contributed by atoms with Crippen LogP contribution in [0.1, 0.15) is 0 Å². The normalized spacial score (nSPS) is 14.8. The Hall–Kier alpha value is 0.0675. The summed E-state index contributed by atoms with van der Waals surface area (Å²) >= 11 is 0. The molecule has 0 spiro atoms. The summed E-state index contributed by atoms with van der Waals surface area (Å²) in [6.07, 6.45) is -0.567. The van der Waals surface area contributed by atoms with E-state index in [1.165, 1.54) is 0 Å². The second-order valence-electron chi connectivity index (χ2n) is 7.03. The van der Waals surface area contributed by atoms with Crippen LogP contribution >= 0.6 is 0 Å². The van der Waals surface area contributed by atoms with E-state index in [9.17, 15) is 15.3 Å². The lowest BCUT2D eigenvalue weighted by molar-refractivity contribution is 0.138. The van der Waals surface area contributed by atoms with E-state index in [0.29, 0.717) is 0 Å². The predicted octanol–water partition coefficient (Wildman–Crippen LogP) is 0.604. The highest BCUT2D eigenvalue weighted by atomic mass is 28.4. The molecule has 0 aromatic carbocycles. The fourth-order valence-electron chi connectivity index (χ4n) is 2.19. The third-order valence-electron chi connectivity index (χ3n) is 3.85. The zero-order chi connectivity index (χ0) is 19.8. The first-order chi connectivity index (χ1) is 11.5. The van der Waals surface area contributed by atoms with Gasteiger partial charge in [0.05, 0.1) is 0 Å². The molecule has 0 radical (unpaired) electrons. The summed E-state index contributed by atoms with van der Waals surface area (Å²) in [5, 5.41) is 28.5. The van der Waals surface area contributed by atoms with Gasteiger partial charge >= 0.3 is 8.80 Å². The average Bonchev–Trinajstić information content (AvgIpc) is 2.57. The highest BCUT2D eigenvalue weighted by Gasteiger charge is 2.37. The summed E-state index contributed by atoms with van der Waals surface area (Å²) in [6, 6.07) is 0. The van der Waals surface area contributed by atoms with Gasteiger partial charge in [-0.15, -0.1) is 0 Å². The Kier molecular flexibility index (Phi) is 10.4. The van der Waals surface area contributed by atoms with Gasteiger partial charge in [-0.2, -0.15) is 0 Å². The molecule has 0 aliphatic rings. The maximum Gasteiger partial charge on any atom is 0.528 e. The van der Waals surface area contributed by atoms with Crippen LogP contribution in [0.2, 0.25) is 26.2 Å². The van der Waals surface area contributed by atoms with Crippen LogP contribution in [0.5, 0.6) is 0 Å². The van der Waals surface area contributed by atoms with Crippen molar-refractivity contribution >= 4 is 33.5 Å². The van der Waals surface area contributed by atoms with Gasteiger partial charge < -0.3 is 32.7 Å². The van der Waals surface area contributed by atoms with Gasteiger partial charge in [-0.3, -0.25) is 0 Å². The summed E-state index contributed by atoms with van der Waals surface area (Å²) < 4.78 is 22.6. The van der Waals surface area contributed by atoms with E-state index in [-0.39, 0.29) is 18.7 Å². The maximum atomic E-state index is 9.49. The average molecular weight is 427 g/mol. The lowest BCUT2D eigenvalue weighted by atomic mass is 11.2. The van der Waals surface area contributed by atoms with E-state index in [2.05, 4.69) is 13.1 Å². The minimum atomic E-state index is -2.79. The molecular formula is C14H34O7Si4. The molecule has 0 saturated heterocycles. The molecule has 148 valence electrons. The molecule has 0 amide bonds. The standard InChI is InChI=1S/C14H34O7Si4/c1-18-25(19-2,20-3)11-9-23(6,7)21-22(4,5)8-10-24(12-15,13-16)14-17/h8-11,15-17H,12-14H2,1-7H3. The number of aliphatic hydroxyl groups is 3. The quantitative estimate of drug-likeness (QED) is 0.393. The molecule has 0 aliphatic heterocycles. The third kappa shape index (κ3) is 8.09. The van der Waals surface area contributed by atoms with Gasteiger partial charge in [0.15, 0.2) is 24.7 Å². The van der Waals surface area contributed by atoms with Crippen molar-refractivity contribution in [3.63, 3.8) is 0 Å². The molecule has 0 heterocycles. The van der Waals surface area contributed by atoms with Crippen LogP contribution < -0.4 is 0 Å². The van der Waals surface area contributed by atoms with Gasteiger partial charge in [0.1, 0.15) is 0 Å². The van der Waals surface area contributed by atoms with E-state index < -0.39 is 33.5 Å². The topological polar surface area (TPSA) is 97.6 Å². The summed E-state index contributed by atoms with van der Waals surface area (Å²) in [4.78, 5) is 0. The van der Waals surface area contributed by atoms with Crippen molar-refractivity contribution in [3.05, 3.63) is 22.8 Å². The Morgan fingerprint density at radius 1 is 0.640 bits per heavy atom. The first-order valence-corrected chi connectivity index (χ1v) is 18.5. The van der Waals surface area contributed by atoms with Crippen molar-refractivity contribution in [1.82, 2.24) is 0 Å². The zero-order valence-corrected chi connectivity index (χ0v) is 20.4. The minimum Gasteiger partial charge on any atom is -0.449 e. The Balaban J connectivity index is 5.25. The van der Waals surface area contributed by atoms with Crippen LogP contribution in [0.25, 0.3) is 0 Å². The second kappa shape index (κ2) is 10.4. The number of rotatable bonds is 12. The molecule has 0 saturated carbocycles.